The van der Waals surface area contributed by atoms with Gasteiger partial charge in [0.05, 0.1) is 16.9 Å². The third-order valence-corrected chi connectivity index (χ3v) is 22.6. The van der Waals surface area contributed by atoms with E-state index in [2.05, 4.69) is 362 Å². The Morgan fingerprint density at radius 2 is 0.613 bits per heavy atom. The molecule has 0 saturated carbocycles. The van der Waals surface area contributed by atoms with E-state index in [1.165, 1.54) is 33.4 Å². The summed E-state index contributed by atoms with van der Waals surface area (Å²) < 4.78 is 0. The molecule has 12 aromatic carbocycles. The monoisotopic (exact) mass is 1800 g/mol. The maximum Gasteiger partial charge on any atom is 3.00 e. The average molecular weight is 1810 g/mol. The Bertz CT molecular complexity index is 5390. The van der Waals surface area contributed by atoms with Crippen molar-refractivity contribution in [2.24, 2.45) is 0 Å². The molecule has 0 amide bonds. The van der Waals surface area contributed by atoms with Gasteiger partial charge in [0, 0.05) is 68.1 Å². The standard InChI is InChI=1S/2C44H55NO2.4C7H7.2Zr/c1-41(2,3)29-23-33(39(46)35(25-29)43(7,8)9)32-20-16-19-31-28(21-27-17-14-13-15-18-27)22-37(45-38(31)32)34-24-30(42(4,5)6)26-36(40(34)47)44(10,11)12;1-40(2,3)30-23-33(38(46)34(24-30)42(7,8)9)32-20-16-19-29-21-22-44(45-37(29)32,27-28-17-14-13-15-18-28)36-26-31(41(4,5)6)25-35(39(36)47)43(10,11)12;4*1-7-5-3-2-4-6-7;;/h13-20,22-26,28,45-47H,21H2,1-12H3;13-26,45-47H,27H2,1-12H3;4*2-6H,1H2;;/q;;4*-1;2*+3. The Morgan fingerprint density at radius 3 is 0.952 bits per heavy atom. The van der Waals surface area contributed by atoms with E-state index in [-0.39, 0.29) is 102 Å². The van der Waals surface area contributed by atoms with Crippen molar-refractivity contribution >= 4 is 23.1 Å². The predicted octanol–water partition coefficient (Wildman–Crippen LogP) is 30.7. The molecule has 14 rings (SSSR count). The Hall–Kier alpha value is -9.83. The van der Waals surface area contributed by atoms with Gasteiger partial charge < -0.3 is 31.1 Å². The van der Waals surface area contributed by atoms with Gasteiger partial charge in [0.2, 0.25) is 0 Å². The van der Waals surface area contributed by atoms with Gasteiger partial charge in [0.15, 0.2) is 0 Å². The molecule has 2 heterocycles. The fraction of sp³-hybridized carbons (Fsp3) is 0.310. The van der Waals surface area contributed by atoms with Crippen molar-refractivity contribution in [3.05, 3.63) is 407 Å². The molecule has 124 heavy (non-hydrogen) atoms. The number of aromatic hydroxyl groups is 4. The van der Waals surface area contributed by atoms with E-state index in [1.54, 1.807) is 0 Å². The van der Waals surface area contributed by atoms with Crippen LogP contribution in [0.25, 0.3) is 34.0 Å². The van der Waals surface area contributed by atoms with Crippen LogP contribution in [0.2, 0.25) is 0 Å². The second-order valence-corrected chi connectivity index (χ2v) is 41.3. The molecule has 0 aliphatic carbocycles. The Labute approximate surface area is 786 Å². The normalized spacial score (nSPS) is 14.3. The summed E-state index contributed by atoms with van der Waals surface area (Å²) in [6, 6.07) is 90.7. The summed E-state index contributed by atoms with van der Waals surface area (Å²) in [5.74, 6) is 1.33. The second kappa shape index (κ2) is 41.5. The Morgan fingerprint density at radius 1 is 0.306 bits per heavy atom. The van der Waals surface area contributed by atoms with Crippen molar-refractivity contribution in [1.29, 1.82) is 0 Å². The molecule has 6 N–H and O–H groups in total. The van der Waals surface area contributed by atoms with Crippen molar-refractivity contribution in [3.8, 4) is 45.3 Å². The Kier molecular flexibility index (Phi) is 33.9. The summed E-state index contributed by atoms with van der Waals surface area (Å²) in [4.78, 5) is 0. The molecule has 2 radical (unpaired) electrons. The summed E-state index contributed by atoms with van der Waals surface area (Å²) in [6.45, 7) is 67.5. The molecular weight excluding hydrogens is 1670 g/mol. The number of benzene rings is 12. The van der Waals surface area contributed by atoms with E-state index in [9.17, 15) is 20.4 Å². The quantitative estimate of drug-likeness (QED) is 0.0847. The Balaban J connectivity index is 0.000000254. The van der Waals surface area contributed by atoms with Crippen LogP contribution in [-0.4, -0.2) is 20.4 Å². The van der Waals surface area contributed by atoms with Crippen molar-refractivity contribution in [2.45, 2.75) is 234 Å². The van der Waals surface area contributed by atoms with Crippen LogP contribution in [-0.2, 0) is 114 Å². The van der Waals surface area contributed by atoms with E-state index >= 15 is 0 Å². The maximum absolute atomic E-state index is 12.2. The third kappa shape index (κ3) is 26.6. The molecule has 0 aromatic heterocycles. The molecule has 12 aromatic rings. The predicted molar refractivity (Wildman–Crippen MR) is 525 cm³/mol. The van der Waals surface area contributed by atoms with Gasteiger partial charge in [-0.15, -0.1) is 48.5 Å². The molecule has 2 aliphatic rings. The van der Waals surface area contributed by atoms with Crippen LogP contribution < -0.4 is 10.6 Å². The number of fused-ring (bicyclic) bond motifs is 2. The number of nitrogens with one attached hydrogen (secondary N) is 2. The van der Waals surface area contributed by atoms with Crippen LogP contribution in [0.1, 0.15) is 272 Å². The van der Waals surface area contributed by atoms with Crippen LogP contribution >= 0.6 is 0 Å². The molecule has 0 spiro atoms. The van der Waals surface area contributed by atoms with Crippen molar-refractivity contribution in [3.63, 3.8) is 0 Å². The van der Waals surface area contributed by atoms with Gasteiger partial charge in [0.1, 0.15) is 23.0 Å². The number of allylic oxidation sites excluding steroid dienone is 1. The number of rotatable bonds is 8. The minimum atomic E-state index is -0.764. The van der Waals surface area contributed by atoms with Gasteiger partial charge in [-0.1, -0.05) is 330 Å². The number of para-hydroxylation sites is 2. The zero-order valence-electron chi connectivity index (χ0n) is 78.7. The van der Waals surface area contributed by atoms with Crippen molar-refractivity contribution in [2.75, 3.05) is 10.6 Å². The summed E-state index contributed by atoms with van der Waals surface area (Å²) in [5, 5.41) is 56.0. The van der Waals surface area contributed by atoms with E-state index < -0.39 is 5.54 Å². The van der Waals surface area contributed by atoms with Gasteiger partial charge >= 0.3 is 52.4 Å². The largest absolute Gasteiger partial charge is 3.00 e. The summed E-state index contributed by atoms with van der Waals surface area (Å²) in [6.07, 6.45) is 8.15. The topological polar surface area (TPSA) is 105 Å². The van der Waals surface area contributed by atoms with Crippen LogP contribution in [0, 0.1) is 27.7 Å². The maximum atomic E-state index is 12.2. The van der Waals surface area contributed by atoms with Gasteiger partial charge in [-0.25, -0.2) is 0 Å². The smallest absolute Gasteiger partial charge is 0.507 e. The molecule has 642 valence electrons. The number of phenolic OH excluding ortho intramolecular Hbond substituents is 4. The van der Waals surface area contributed by atoms with Crippen molar-refractivity contribution in [1.82, 2.24) is 0 Å². The third-order valence-electron chi connectivity index (χ3n) is 22.6. The summed E-state index contributed by atoms with van der Waals surface area (Å²) in [5.41, 5.74) is 23.2. The zero-order valence-corrected chi connectivity index (χ0v) is 83.7. The number of phenols is 4. The fourth-order valence-electron chi connectivity index (χ4n) is 15.2. The fourth-order valence-corrected chi connectivity index (χ4v) is 15.2. The van der Waals surface area contributed by atoms with Gasteiger partial charge in [-0.2, -0.15) is 98.5 Å². The number of hydrogen-bond donors (Lipinski definition) is 6. The van der Waals surface area contributed by atoms with Crippen LogP contribution in [0.5, 0.6) is 23.0 Å². The van der Waals surface area contributed by atoms with Crippen LogP contribution in [0.4, 0.5) is 11.4 Å². The molecule has 0 fully saturated rings. The van der Waals surface area contributed by atoms with Crippen molar-refractivity contribution < 1.29 is 72.8 Å². The first-order chi connectivity index (χ1) is 56.8. The van der Waals surface area contributed by atoms with E-state index in [0.29, 0.717) is 29.4 Å². The van der Waals surface area contributed by atoms with E-state index in [4.69, 9.17) is 0 Å². The van der Waals surface area contributed by atoms with Gasteiger partial charge in [-0.05, 0) is 124 Å². The first-order valence-electron chi connectivity index (χ1n) is 43.2. The van der Waals surface area contributed by atoms with Gasteiger partial charge in [0.25, 0.3) is 0 Å². The molecule has 0 bridgehead atoms. The second-order valence-electron chi connectivity index (χ2n) is 41.3. The number of anilines is 2. The number of hydrogen-bond acceptors (Lipinski definition) is 6. The summed E-state index contributed by atoms with van der Waals surface area (Å²) in [7, 11) is 0. The minimum absolute atomic E-state index is 0. The van der Waals surface area contributed by atoms with E-state index in [1.807, 2.05) is 127 Å². The average Bonchev–Trinajstić information content (AvgIpc) is 0.732. The molecule has 2 atom stereocenters. The molecule has 2 unspecified atom stereocenters. The minimum Gasteiger partial charge on any atom is -0.507 e. The molecular formula is C116H138N2O4Zr2+2. The summed E-state index contributed by atoms with van der Waals surface area (Å²) >= 11 is 0. The van der Waals surface area contributed by atoms with Crippen LogP contribution in [0.3, 0.4) is 0 Å². The first kappa shape index (κ1) is 101. The molecule has 6 nitrogen and oxygen atoms in total. The molecule has 8 heteroatoms. The van der Waals surface area contributed by atoms with Crippen LogP contribution in [0.15, 0.2) is 279 Å². The van der Waals surface area contributed by atoms with Gasteiger partial charge in [-0.3, -0.25) is 0 Å². The first-order valence-corrected chi connectivity index (χ1v) is 43.2. The SMILES string of the molecule is CC(C)(C)c1cc(-c2cccc3c2NC(Cc2ccccc2)(c2cc(C(C)(C)C)cc(C(C)(C)C)c2O)C=C3)c(O)c(C(C)(C)C)c1.CC(C)(C)c1cc(C2=CC(Cc3ccccc3)c3cccc(-c4cc(C(C)(C)C)cc(C(C)(C)C)c4O)c3N2)c(O)c(C(C)(C)C)c1.[CH2-]c1ccccc1.[CH2-]c1ccccc1.[CH2-]c1ccccc1.[CH2-]c1ccccc1.[Zr+3].[Zr+3]. The molecule has 0 saturated heterocycles. The van der Waals surface area contributed by atoms with E-state index in [0.717, 1.165) is 113 Å². The molecule has 2 aliphatic heterocycles. The zero-order chi connectivity index (χ0) is 89.9.